The third-order valence-corrected chi connectivity index (χ3v) is 4.15. The van der Waals surface area contributed by atoms with E-state index >= 15 is 0 Å². The minimum Gasteiger partial charge on any atom is -0.383 e. The van der Waals surface area contributed by atoms with Crippen LogP contribution in [0.25, 0.3) is 0 Å². The van der Waals surface area contributed by atoms with E-state index in [2.05, 4.69) is 32.4 Å². The Kier molecular flexibility index (Phi) is 3.79. The van der Waals surface area contributed by atoms with Crippen molar-refractivity contribution in [3.63, 3.8) is 0 Å². The van der Waals surface area contributed by atoms with Gasteiger partial charge in [0.2, 0.25) is 0 Å². The van der Waals surface area contributed by atoms with Gasteiger partial charge in [-0.2, -0.15) is 0 Å². The number of rotatable bonds is 8. The Hall–Kier alpha value is -1.01. The normalized spacial score (nSPS) is 21.0. The van der Waals surface area contributed by atoms with E-state index in [1.807, 2.05) is 0 Å². The van der Waals surface area contributed by atoms with Gasteiger partial charge in [0, 0.05) is 13.7 Å². The van der Waals surface area contributed by atoms with Crippen LogP contribution in [-0.2, 0) is 4.74 Å². The van der Waals surface area contributed by atoms with Crippen molar-refractivity contribution in [1.82, 2.24) is 25.5 Å². The molecule has 19 heavy (non-hydrogen) atoms. The van der Waals surface area contributed by atoms with Crippen LogP contribution in [0, 0.1) is 11.8 Å². The second-order valence-electron chi connectivity index (χ2n) is 5.82. The van der Waals surface area contributed by atoms with Gasteiger partial charge in [-0.15, -0.1) is 5.10 Å². The van der Waals surface area contributed by atoms with Gasteiger partial charge >= 0.3 is 0 Å². The number of methoxy groups -OCH3 is 1. The van der Waals surface area contributed by atoms with Crippen LogP contribution < -0.4 is 5.32 Å². The summed E-state index contributed by atoms with van der Waals surface area (Å²) in [6.45, 7) is 3.65. The van der Waals surface area contributed by atoms with Gasteiger partial charge in [-0.3, -0.25) is 0 Å². The first-order valence-corrected chi connectivity index (χ1v) is 7.31. The van der Waals surface area contributed by atoms with Crippen LogP contribution in [0.3, 0.4) is 0 Å². The van der Waals surface area contributed by atoms with Crippen LogP contribution in [0.1, 0.15) is 50.5 Å². The minimum atomic E-state index is 0.171. The molecule has 0 bridgehead atoms. The molecule has 2 aliphatic rings. The maximum atomic E-state index is 5.06. The van der Waals surface area contributed by atoms with Gasteiger partial charge < -0.3 is 10.1 Å². The average molecular weight is 265 g/mol. The monoisotopic (exact) mass is 265 g/mol. The van der Waals surface area contributed by atoms with Crippen LogP contribution in [0.2, 0.25) is 0 Å². The van der Waals surface area contributed by atoms with Gasteiger partial charge in [0.1, 0.15) is 0 Å². The van der Waals surface area contributed by atoms with Gasteiger partial charge in [-0.25, -0.2) is 4.68 Å². The molecule has 2 fully saturated rings. The summed E-state index contributed by atoms with van der Waals surface area (Å²) < 4.78 is 7.16. The van der Waals surface area contributed by atoms with Crippen molar-refractivity contribution < 1.29 is 4.74 Å². The molecule has 106 valence electrons. The smallest absolute Gasteiger partial charge is 0.168 e. The summed E-state index contributed by atoms with van der Waals surface area (Å²) in [5, 5.41) is 15.8. The third kappa shape index (κ3) is 2.95. The summed E-state index contributed by atoms with van der Waals surface area (Å²) in [4.78, 5) is 0. The molecular formula is C13H23N5O. The van der Waals surface area contributed by atoms with E-state index < -0.39 is 0 Å². The summed E-state index contributed by atoms with van der Waals surface area (Å²) >= 11 is 0. The first-order valence-electron chi connectivity index (χ1n) is 7.31. The number of ether oxygens (including phenoxy) is 1. The van der Waals surface area contributed by atoms with Crippen molar-refractivity contribution in [2.45, 2.75) is 44.7 Å². The highest BCUT2D eigenvalue weighted by molar-refractivity contribution is 5.00. The fourth-order valence-corrected chi connectivity index (χ4v) is 2.83. The van der Waals surface area contributed by atoms with Crippen LogP contribution >= 0.6 is 0 Å². The molecule has 1 aromatic rings. The van der Waals surface area contributed by atoms with E-state index in [1.165, 1.54) is 25.7 Å². The molecule has 2 aliphatic carbocycles. The van der Waals surface area contributed by atoms with Crippen molar-refractivity contribution in [3.05, 3.63) is 5.82 Å². The van der Waals surface area contributed by atoms with Gasteiger partial charge in [0.15, 0.2) is 5.82 Å². The van der Waals surface area contributed by atoms with E-state index in [-0.39, 0.29) is 6.04 Å². The van der Waals surface area contributed by atoms with Gasteiger partial charge in [0.25, 0.3) is 0 Å². The average Bonchev–Trinajstić information content (AvgIpc) is 3.31. The van der Waals surface area contributed by atoms with E-state index in [9.17, 15) is 0 Å². The molecular weight excluding hydrogens is 242 g/mol. The third-order valence-electron chi connectivity index (χ3n) is 4.15. The number of hydrogen-bond acceptors (Lipinski definition) is 5. The fourth-order valence-electron chi connectivity index (χ4n) is 2.83. The summed E-state index contributed by atoms with van der Waals surface area (Å²) in [5.41, 5.74) is 0. The van der Waals surface area contributed by atoms with Gasteiger partial charge in [-0.1, -0.05) is 0 Å². The predicted molar refractivity (Wildman–Crippen MR) is 70.6 cm³/mol. The summed E-state index contributed by atoms with van der Waals surface area (Å²) in [7, 11) is 1.71. The largest absolute Gasteiger partial charge is 0.383 e. The molecule has 6 nitrogen and oxygen atoms in total. The van der Waals surface area contributed by atoms with E-state index in [0.29, 0.717) is 12.6 Å². The molecule has 1 atom stereocenters. The molecule has 1 N–H and O–H groups in total. The lowest BCUT2D eigenvalue weighted by Gasteiger charge is -2.20. The fraction of sp³-hybridized carbons (Fsp3) is 0.923. The number of hydrogen-bond donors (Lipinski definition) is 1. The molecule has 0 radical (unpaired) electrons. The second-order valence-corrected chi connectivity index (χ2v) is 5.82. The lowest BCUT2D eigenvalue weighted by molar-refractivity contribution is 0.195. The van der Waals surface area contributed by atoms with Crippen molar-refractivity contribution in [1.29, 1.82) is 0 Å². The molecule has 6 heteroatoms. The Bertz CT molecular complexity index is 401. The number of aromatic nitrogens is 4. The highest BCUT2D eigenvalue weighted by atomic mass is 16.5. The molecule has 3 rings (SSSR count). The van der Waals surface area contributed by atoms with Gasteiger partial charge in [0.05, 0.1) is 18.7 Å². The Labute approximate surface area is 113 Å². The van der Waals surface area contributed by atoms with Crippen LogP contribution in [0.15, 0.2) is 0 Å². The molecule has 0 aliphatic heterocycles. The van der Waals surface area contributed by atoms with Crippen molar-refractivity contribution in [3.8, 4) is 0 Å². The highest BCUT2D eigenvalue weighted by Crippen LogP contribution is 2.52. The number of nitrogens with zero attached hydrogens (tertiary/aromatic N) is 4. The Morgan fingerprint density at radius 2 is 2.00 bits per heavy atom. The predicted octanol–water partition coefficient (Wildman–Crippen LogP) is 1.33. The molecule has 1 unspecified atom stereocenters. The molecule has 1 aromatic heterocycles. The summed E-state index contributed by atoms with van der Waals surface area (Å²) in [6, 6.07) is 0.710. The maximum Gasteiger partial charge on any atom is 0.168 e. The zero-order valence-electron chi connectivity index (χ0n) is 11.7. The van der Waals surface area contributed by atoms with Crippen molar-refractivity contribution in [2.75, 3.05) is 20.3 Å². The Balaban J connectivity index is 1.69. The summed E-state index contributed by atoms with van der Waals surface area (Å²) in [5.74, 6) is 2.58. The second kappa shape index (κ2) is 5.54. The molecule has 1 heterocycles. The number of nitrogens with one attached hydrogen (secondary N) is 1. The zero-order chi connectivity index (χ0) is 13.2. The first kappa shape index (κ1) is 13.0. The number of tetrazole rings is 1. The first-order chi connectivity index (χ1) is 9.31. The molecule has 0 amide bonds. The lowest BCUT2D eigenvalue weighted by Crippen LogP contribution is -2.28. The minimum absolute atomic E-state index is 0.171. The Morgan fingerprint density at radius 1 is 1.32 bits per heavy atom. The molecule has 0 spiro atoms. The van der Waals surface area contributed by atoms with Gasteiger partial charge in [-0.05, 0) is 54.9 Å². The summed E-state index contributed by atoms with van der Waals surface area (Å²) in [6.07, 6.45) is 5.36. The van der Waals surface area contributed by atoms with E-state index in [4.69, 9.17) is 4.74 Å². The lowest BCUT2D eigenvalue weighted by atomic mass is 10.1. The molecule has 0 aromatic carbocycles. The van der Waals surface area contributed by atoms with Crippen molar-refractivity contribution >= 4 is 0 Å². The standard InChI is InChI=1S/C13H23N5O/c1-9(14-7-8-19-2)13-15-16-17-18(13)12(10-3-4-10)11-5-6-11/h9-12,14H,3-8H2,1-2H3. The molecule has 0 saturated heterocycles. The van der Waals surface area contributed by atoms with Crippen LogP contribution in [0.4, 0.5) is 0 Å². The van der Waals surface area contributed by atoms with E-state index in [0.717, 1.165) is 24.2 Å². The highest BCUT2D eigenvalue weighted by Gasteiger charge is 2.44. The topological polar surface area (TPSA) is 64.9 Å². The van der Waals surface area contributed by atoms with E-state index in [1.54, 1.807) is 7.11 Å². The van der Waals surface area contributed by atoms with Crippen LogP contribution in [0.5, 0.6) is 0 Å². The SMILES string of the molecule is COCCNC(C)c1nnnn1C(C1CC1)C1CC1. The zero-order valence-corrected chi connectivity index (χ0v) is 11.7. The van der Waals surface area contributed by atoms with Crippen molar-refractivity contribution in [2.24, 2.45) is 11.8 Å². The maximum absolute atomic E-state index is 5.06. The quantitative estimate of drug-likeness (QED) is 0.718. The molecule has 2 saturated carbocycles. The Morgan fingerprint density at radius 3 is 2.58 bits per heavy atom. The van der Waals surface area contributed by atoms with Crippen LogP contribution in [-0.4, -0.2) is 40.5 Å².